The van der Waals surface area contributed by atoms with E-state index in [0.717, 1.165) is 30.0 Å². The number of hydrogen-bond acceptors (Lipinski definition) is 6. The number of aromatic nitrogens is 4. The van der Waals surface area contributed by atoms with E-state index < -0.39 is 0 Å². The van der Waals surface area contributed by atoms with E-state index in [1.807, 2.05) is 30.3 Å². The van der Waals surface area contributed by atoms with Crippen molar-refractivity contribution < 1.29 is 14.0 Å². The number of ether oxygens (including phenoxy) is 2. The summed E-state index contributed by atoms with van der Waals surface area (Å²) in [6.45, 7) is 1.40. The van der Waals surface area contributed by atoms with E-state index in [1.165, 1.54) is 0 Å². The summed E-state index contributed by atoms with van der Waals surface area (Å²) in [5.74, 6) is 2.13. The Bertz CT molecular complexity index is 805. The fraction of sp³-hybridized carbons (Fsp3) is 0.312. The van der Waals surface area contributed by atoms with E-state index >= 15 is 0 Å². The molecule has 7 heteroatoms. The fourth-order valence-corrected chi connectivity index (χ4v) is 2.61. The molecule has 0 aliphatic carbocycles. The van der Waals surface area contributed by atoms with Crippen LogP contribution in [0.2, 0.25) is 0 Å². The molecule has 0 spiro atoms. The van der Waals surface area contributed by atoms with Gasteiger partial charge in [-0.25, -0.2) is 0 Å². The van der Waals surface area contributed by atoms with Crippen LogP contribution in [-0.2, 0) is 4.74 Å². The molecule has 3 heterocycles. The number of H-pyrrole nitrogens is 1. The second-order valence-electron chi connectivity index (χ2n) is 5.42. The molecule has 0 bridgehead atoms. The summed E-state index contributed by atoms with van der Waals surface area (Å²) in [5, 5.41) is 11.3. The first kappa shape index (κ1) is 14.0. The van der Waals surface area contributed by atoms with Crippen molar-refractivity contribution in [1.29, 1.82) is 0 Å². The van der Waals surface area contributed by atoms with Crippen molar-refractivity contribution in [2.75, 3.05) is 20.3 Å². The van der Waals surface area contributed by atoms with Gasteiger partial charge in [0.05, 0.1) is 19.4 Å². The second kappa shape index (κ2) is 5.85. The maximum absolute atomic E-state index is 5.36. The van der Waals surface area contributed by atoms with Crippen LogP contribution in [0.5, 0.6) is 5.75 Å². The normalized spacial score (nSPS) is 17.5. The SMILES string of the molecule is COc1cccc(-c2cc(-c3nc([C@H]4CCOC4)no3)[nH]n2)c1. The van der Waals surface area contributed by atoms with Crippen LogP contribution < -0.4 is 4.74 Å². The smallest absolute Gasteiger partial charge is 0.275 e. The molecule has 118 valence electrons. The molecule has 1 aromatic carbocycles. The molecular formula is C16H16N4O3. The highest BCUT2D eigenvalue weighted by Crippen LogP contribution is 2.28. The van der Waals surface area contributed by atoms with Crippen LogP contribution in [0.1, 0.15) is 18.2 Å². The molecule has 2 aromatic heterocycles. The summed E-state index contributed by atoms with van der Waals surface area (Å²) in [6.07, 6.45) is 0.928. The number of nitrogens with zero attached hydrogens (tertiary/aromatic N) is 3. The van der Waals surface area contributed by atoms with Gasteiger partial charge in [0, 0.05) is 18.1 Å². The molecule has 1 saturated heterocycles. The van der Waals surface area contributed by atoms with Crippen LogP contribution in [-0.4, -0.2) is 40.7 Å². The largest absolute Gasteiger partial charge is 0.497 e. The number of methoxy groups -OCH3 is 1. The predicted octanol–water partition coefficient (Wildman–Crippen LogP) is 2.64. The summed E-state index contributed by atoms with van der Waals surface area (Å²) < 4.78 is 15.9. The summed E-state index contributed by atoms with van der Waals surface area (Å²) in [7, 11) is 1.64. The fourth-order valence-electron chi connectivity index (χ4n) is 2.61. The first-order chi connectivity index (χ1) is 11.3. The number of rotatable bonds is 4. The molecule has 0 radical (unpaired) electrons. The predicted molar refractivity (Wildman–Crippen MR) is 82.0 cm³/mol. The lowest BCUT2D eigenvalue weighted by Gasteiger charge is -2.00. The Morgan fingerprint density at radius 3 is 3.09 bits per heavy atom. The number of nitrogens with one attached hydrogen (secondary N) is 1. The molecule has 1 aliphatic heterocycles. The van der Waals surface area contributed by atoms with Gasteiger partial charge >= 0.3 is 0 Å². The Labute approximate surface area is 132 Å². The van der Waals surface area contributed by atoms with Crippen molar-refractivity contribution >= 4 is 0 Å². The van der Waals surface area contributed by atoms with Gasteiger partial charge in [-0.15, -0.1) is 0 Å². The maximum Gasteiger partial charge on any atom is 0.275 e. The van der Waals surface area contributed by atoms with Crippen LogP contribution in [0.4, 0.5) is 0 Å². The van der Waals surface area contributed by atoms with Gasteiger partial charge < -0.3 is 14.0 Å². The van der Waals surface area contributed by atoms with Gasteiger partial charge in [-0.1, -0.05) is 17.3 Å². The molecule has 23 heavy (non-hydrogen) atoms. The lowest BCUT2D eigenvalue weighted by Crippen LogP contribution is -1.99. The van der Waals surface area contributed by atoms with Crippen molar-refractivity contribution in [2.24, 2.45) is 0 Å². The first-order valence-electron chi connectivity index (χ1n) is 7.45. The third-order valence-electron chi connectivity index (χ3n) is 3.91. The molecular weight excluding hydrogens is 296 g/mol. The zero-order valence-corrected chi connectivity index (χ0v) is 12.7. The van der Waals surface area contributed by atoms with Gasteiger partial charge in [-0.2, -0.15) is 10.1 Å². The third-order valence-corrected chi connectivity index (χ3v) is 3.91. The Kier molecular flexibility index (Phi) is 3.55. The quantitative estimate of drug-likeness (QED) is 0.797. The van der Waals surface area contributed by atoms with Crippen LogP contribution in [0, 0.1) is 0 Å². The minimum Gasteiger partial charge on any atom is -0.497 e. The Morgan fingerprint density at radius 1 is 1.30 bits per heavy atom. The van der Waals surface area contributed by atoms with Crippen LogP contribution in [0.15, 0.2) is 34.9 Å². The van der Waals surface area contributed by atoms with E-state index in [9.17, 15) is 0 Å². The molecule has 1 atom stereocenters. The highest BCUT2D eigenvalue weighted by atomic mass is 16.5. The van der Waals surface area contributed by atoms with Gasteiger partial charge in [0.25, 0.3) is 5.89 Å². The third kappa shape index (κ3) is 2.70. The van der Waals surface area contributed by atoms with E-state index in [2.05, 4.69) is 20.3 Å². The molecule has 0 unspecified atom stereocenters. The standard InChI is InChI=1S/C16H16N4O3/c1-21-12-4-2-3-10(7-12)13-8-14(19-18-13)16-17-15(20-23-16)11-5-6-22-9-11/h2-4,7-8,11H,5-6,9H2,1H3,(H,18,19)/t11-/m0/s1. The summed E-state index contributed by atoms with van der Waals surface area (Å²) in [6, 6.07) is 9.60. The number of aromatic amines is 1. The average molecular weight is 312 g/mol. The Hall–Kier alpha value is -2.67. The maximum atomic E-state index is 5.36. The van der Waals surface area contributed by atoms with Crippen LogP contribution in [0.3, 0.4) is 0 Å². The Morgan fingerprint density at radius 2 is 2.26 bits per heavy atom. The lowest BCUT2D eigenvalue weighted by molar-refractivity contribution is 0.192. The zero-order chi connectivity index (χ0) is 15.6. The molecule has 1 aliphatic rings. The highest BCUT2D eigenvalue weighted by molar-refractivity contribution is 5.65. The second-order valence-corrected chi connectivity index (χ2v) is 5.42. The monoisotopic (exact) mass is 312 g/mol. The molecule has 1 fully saturated rings. The van der Waals surface area contributed by atoms with E-state index in [1.54, 1.807) is 7.11 Å². The molecule has 7 nitrogen and oxygen atoms in total. The molecule has 0 amide bonds. The molecule has 3 aromatic rings. The van der Waals surface area contributed by atoms with E-state index in [4.69, 9.17) is 14.0 Å². The van der Waals surface area contributed by atoms with Gasteiger partial charge in [-0.3, -0.25) is 5.10 Å². The zero-order valence-electron chi connectivity index (χ0n) is 12.7. The van der Waals surface area contributed by atoms with Gasteiger partial charge in [0.1, 0.15) is 11.4 Å². The van der Waals surface area contributed by atoms with Crippen molar-refractivity contribution in [3.8, 4) is 28.6 Å². The van der Waals surface area contributed by atoms with Crippen molar-refractivity contribution in [2.45, 2.75) is 12.3 Å². The minimum absolute atomic E-state index is 0.216. The van der Waals surface area contributed by atoms with Crippen LogP contribution in [0.25, 0.3) is 22.8 Å². The summed E-state index contributed by atoms with van der Waals surface area (Å²) >= 11 is 0. The van der Waals surface area contributed by atoms with Crippen LogP contribution >= 0.6 is 0 Å². The van der Waals surface area contributed by atoms with Crippen molar-refractivity contribution in [3.63, 3.8) is 0 Å². The minimum atomic E-state index is 0.216. The number of hydrogen-bond donors (Lipinski definition) is 1. The first-order valence-corrected chi connectivity index (χ1v) is 7.45. The van der Waals surface area contributed by atoms with Crippen molar-refractivity contribution in [3.05, 3.63) is 36.2 Å². The number of benzene rings is 1. The van der Waals surface area contributed by atoms with E-state index in [0.29, 0.717) is 24.0 Å². The van der Waals surface area contributed by atoms with Crippen molar-refractivity contribution in [1.82, 2.24) is 20.3 Å². The lowest BCUT2D eigenvalue weighted by atomic mass is 10.1. The molecule has 0 saturated carbocycles. The van der Waals surface area contributed by atoms with Gasteiger partial charge in [-0.05, 0) is 24.6 Å². The Balaban J connectivity index is 1.60. The summed E-state index contributed by atoms with van der Waals surface area (Å²) in [5.41, 5.74) is 2.44. The van der Waals surface area contributed by atoms with E-state index in [-0.39, 0.29) is 5.92 Å². The molecule has 4 rings (SSSR count). The van der Waals surface area contributed by atoms with Gasteiger partial charge in [0.2, 0.25) is 0 Å². The topological polar surface area (TPSA) is 86.1 Å². The van der Waals surface area contributed by atoms with Gasteiger partial charge in [0.15, 0.2) is 5.82 Å². The highest BCUT2D eigenvalue weighted by Gasteiger charge is 2.24. The molecule has 1 N–H and O–H groups in total. The summed E-state index contributed by atoms with van der Waals surface area (Å²) in [4.78, 5) is 4.45. The average Bonchev–Trinajstić information content (AvgIpc) is 3.34.